The topological polar surface area (TPSA) is 46.6 Å². The molecule has 1 atom stereocenters. The molecule has 0 N–H and O–H groups in total. The summed E-state index contributed by atoms with van der Waals surface area (Å²) in [5.74, 6) is -13.0. The van der Waals surface area contributed by atoms with Gasteiger partial charge in [0.15, 0.2) is 23.3 Å². The average molecular weight is 449 g/mol. The molecule has 4 nitrogen and oxygen atoms in total. The summed E-state index contributed by atoms with van der Waals surface area (Å²) in [5, 5.41) is 0. The number of hydrogen-bond acceptors (Lipinski definition) is 3. The molecule has 3 rings (SSSR count). The Morgan fingerprint density at radius 1 is 0.968 bits per heavy atom. The summed E-state index contributed by atoms with van der Waals surface area (Å²) in [6, 6.07) is 8.65. The second-order valence-electron chi connectivity index (χ2n) is 7.23. The number of nitrogens with zero attached hydrogens (tertiary/aromatic N) is 1. The number of carbonyl (C=O) groups is 2. The molecule has 0 aliphatic carbocycles. The molecule has 1 heterocycles. The van der Waals surface area contributed by atoms with Crippen LogP contribution in [0.5, 0.6) is 0 Å². The molecule has 1 aliphatic heterocycles. The van der Waals surface area contributed by atoms with Crippen molar-refractivity contribution in [1.82, 2.24) is 0 Å². The highest BCUT2D eigenvalue weighted by Gasteiger charge is 2.52. The van der Waals surface area contributed by atoms with Gasteiger partial charge < -0.3 is 4.74 Å². The fraction of sp³-hybridized carbons (Fsp3) is 0.300. The first-order chi connectivity index (χ1) is 14.4. The van der Waals surface area contributed by atoms with E-state index in [0.29, 0.717) is 0 Å². The lowest BCUT2D eigenvalue weighted by Crippen LogP contribution is -2.38. The third kappa shape index (κ3) is 4.01. The van der Waals surface area contributed by atoms with Gasteiger partial charge in [-0.2, -0.15) is 13.2 Å². The molecule has 166 valence electrons. The fourth-order valence-electron chi connectivity index (χ4n) is 3.24. The second-order valence-corrected chi connectivity index (χ2v) is 7.23. The van der Waals surface area contributed by atoms with Crippen molar-refractivity contribution in [2.24, 2.45) is 5.41 Å². The third-order valence-corrected chi connectivity index (χ3v) is 4.79. The number of carbonyl (C=O) groups excluding carboxylic acids is 2. The summed E-state index contributed by atoms with van der Waals surface area (Å²) in [5.41, 5.74) is -5.55. The van der Waals surface area contributed by atoms with E-state index in [4.69, 9.17) is 4.74 Å². The van der Waals surface area contributed by atoms with Crippen molar-refractivity contribution in [3.63, 3.8) is 0 Å². The van der Waals surface area contributed by atoms with Gasteiger partial charge in [-0.3, -0.25) is 9.59 Å². The number of ether oxygens (including phenoxy) is 1. The lowest BCUT2D eigenvalue weighted by Gasteiger charge is -2.23. The Morgan fingerprint density at radius 3 is 2.03 bits per heavy atom. The minimum Gasteiger partial charge on any atom is -0.376 e. The summed E-state index contributed by atoms with van der Waals surface area (Å²) in [7, 11) is 0. The molecule has 0 bridgehead atoms. The van der Waals surface area contributed by atoms with E-state index >= 15 is 0 Å². The summed E-state index contributed by atoms with van der Waals surface area (Å²) in [4.78, 5) is 24.8. The van der Waals surface area contributed by atoms with Gasteiger partial charge >= 0.3 is 6.18 Å². The first kappa shape index (κ1) is 22.7. The highest BCUT2D eigenvalue weighted by Crippen LogP contribution is 2.43. The van der Waals surface area contributed by atoms with Gasteiger partial charge in [-0.1, -0.05) is 30.3 Å². The third-order valence-electron chi connectivity index (χ3n) is 4.79. The first-order valence-electron chi connectivity index (χ1n) is 8.80. The summed E-state index contributed by atoms with van der Waals surface area (Å²) >= 11 is 0. The molecule has 31 heavy (non-hydrogen) atoms. The number of halogens is 7. The predicted octanol–water partition coefficient (Wildman–Crippen LogP) is 4.75. The summed E-state index contributed by atoms with van der Waals surface area (Å²) in [6.07, 6.45) is -6.38. The minimum absolute atomic E-state index is 0.0319. The van der Waals surface area contributed by atoms with Crippen molar-refractivity contribution in [2.75, 3.05) is 11.5 Å². The Bertz CT molecular complexity index is 1010. The van der Waals surface area contributed by atoms with E-state index < -0.39 is 71.0 Å². The van der Waals surface area contributed by atoms with Crippen molar-refractivity contribution < 1.29 is 45.1 Å². The molecular formula is C20H14F7NO3. The quantitative estimate of drug-likeness (QED) is 0.376. The van der Waals surface area contributed by atoms with Crippen LogP contribution in [-0.2, 0) is 27.1 Å². The molecule has 2 aromatic carbocycles. The van der Waals surface area contributed by atoms with E-state index in [0.717, 1.165) is 5.56 Å². The normalized spacial score (nSPS) is 19.4. The van der Waals surface area contributed by atoms with E-state index in [9.17, 15) is 40.3 Å². The average Bonchev–Trinajstić information content (AvgIpc) is 2.90. The number of hydrogen-bond donors (Lipinski definition) is 0. The number of rotatable bonds is 5. The molecule has 1 saturated heterocycles. The van der Waals surface area contributed by atoms with Gasteiger partial charge in [-0.15, -0.1) is 0 Å². The SMILES string of the molecule is CC1(COCc2ccccc2)CC(=O)N(c2c(F)c(F)c(C(F)(F)F)c(F)c2F)C1=O. The second kappa shape index (κ2) is 7.95. The van der Waals surface area contributed by atoms with Crippen LogP contribution in [0, 0.1) is 28.7 Å². The molecule has 0 aromatic heterocycles. The van der Waals surface area contributed by atoms with Crippen molar-refractivity contribution in [3.8, 4) is 0 Å². The zero-order valence-corrected chi connectivity index (χ0v) is 15.8. The number of amides is 2. The Labute approximate surface area is 171 Å². The van der Waals surface area contributed by atoms with Crippen molar-refractivity contribution >= 4 is 17.5 Å². The molecule has 1 unspecified atom stereocenters. The Morgan fingerprint density at radius 2 is 1.52 bits per heavy atom. The monoisotopic (exact) mass is 449 g/mol. The zero-order valence-electron chi connectivity index (χ0n) is 15.8. The smallest absolute Gasteiger partial charge is 0.376 e. The molecule has 0 saturated carbocycles. The number of benzene rings is 2. The van der Waals surface area contributed by atoms with Crippen LogP contribution in [-0.4, -0.2) is 18.4 Å². The largest absolute Gasteiger partial charge is 0.422 e. The van der Waals surface area contributed by atoms with Crippen LogP contribution in [0.15, 0.2) is 30.3 Å². The molecule has 11 heteroatoms. The van der Waals surface area contributed by atoms with Crippen LogP contribution in [0.1, 0.15) is 24.5 Å². The van der Waals surface area contributed by atoms with E-state index in [1.807, 2.05) is 0 Å². The van der Waals surface area contributed by atoms with Gasteiger partial charge in [0.05, 0.1) is 18.6 Å². The van der Waals surface area contributed by atoms with Gasteiger partial charge in [-0.05, 0) is 12.5 Å². The van der Waals surface area contributed by atoms with Crippen LogP contribution in [0.2, 0.25) is 0 Å². The van der Waals surface area contributed by atoms with Gasteiger partial charge in [0.1, 0.15) is 11.3 Å². The molecule has 0 spiro atoms. The lowest BCUT2D eigenvalue weighted by atomic mass is 9.90. The van der Waals surface area contributed by atoms with Gasteiger partial charge in [0.2, 0.25) is 11.8 Å². The summed E-state index contributed by atoms with van der Waals surface area (Å²) < 4.78 is 100. The van der Waals surface area contributed by atoms with Gasteiger partial charge in [-0.25, -0.2) is 22.5 Å². The van der Waals surface area contributed by atoms with Crippen LogP contribution < -0.4 is 4.90 Å². The highest BCUT2D eigenvalue weighted by atomic mass is 19.4. The molecule has 1 fully saturated rings. The first-order valence-corrected chi connectivity index (χ1v) is 8.80. The Balaban J connectivity index is 1.92. The molecule has 2 aromatic rings. The highest BCUT2D eigenvalue weighted by molar-refractivity contribution is 6.22. The number of imide groups is 1. The zero-order chi connectivity index (χ0) is 23.1. The van der Waals surface area contributed by atoms with Crippen LogP contribution in [0.3, 0.4) is 0 Å². The molecule has 0 radical (unpaired) electrons. The van der Waals surface area contributed by atoms with Crippen LogP contribution in [0.4, 0.5) is 36.4 Å². The standard InChI is InChI=1S/C20H14F7NO3/c1-19(9-31-8-10-5-3-2-4-6-10)7-11(29)28(18(19)30)17-15(23)13(21)12(20(25,26)27)14(22)16(17)24/h2-6H,7-9H2,1H3. The molecule has 2 amide bonds. The van der Waals surface area contributed by atoms with Gasteiger partial charge in [0.25, 0.3) is 0 Å². The van der Waals surface area contributed by atoms with Crippen LogP contribution in [0.25, 0.3) is 0 Å². The minimum atomic E-state index is -5.74. The summed E-state index contributed by atoms with van der Waals surface area (Å²) in [6.45, 7) is 0.868. The Hall–Kier alpha value is -2.95. The van der Waals surface area contributed by atoms with E-state index in [1.54, 1.807) is 30.3 Å². The molecule has 1 aliphatic rings. The fourth-order valence-corrected chi connectivity index (χ4v) is 3.24. The number of anilines is 1. The van der Waals surface area contributed by atoms with Gasteiger partial charge in [0, 0.05) is 6.42 Å². The maximum Gasteiger partial charge on any atom is 0.422 e. The van der Waals surface area contributed by atoms with Crippen LogP contribution >= 0.6 is 0 Å². The maximum atomic E-state index is 14.3. The van der Waals surface area contributed by atoms with Crippen molar-refractivity contribution in [3.05, 3.63) is 64.7 Å². The van der Waals surface area contributed by atoms with E-state index in [1.165, 1.54) is 6.92 Å². The van der Waals surface area contributed by atoms with Crippen molar-refractivity contribution in [1.29, 1.82) is 0 Å². The van der Waals surface area contributed by atoms with E-state index in [-0.39, 0.29) is 11.5 Å². The van der Waals surface area contributed by atoms with E-state index in [2.05, 4.69) is 0 Å². The molecular weight excluding hydrogens is 435 g/mol. The maximum absolute atomic E-state index is 14.3. The number of alkyl halides is 3. The lowest BCUT2D eigenvalue weighted by molar-refractivity contribution is -0.143. The Kier molecular flexibility index (Phi) is 5.83. The predicted molar refractivity (Wildman–Crippen MR) is 92.6 cm³/mol. The van der Waals surface area contributed by atoms with Crippen molar-refractivity contribution in [2.45, 2.75) is 26.1 Å².